The first-order valence-corrected chi connectivity index (χ1v) is 10.8. The average Bonchev–Trinajstić information content (AvgIpc) is 2.78. The zero-order valence-electron chi connectivity index (χ0n) is 18.5. The predicted molar refractivity (Wildman–Crippen MR) is 114 cm³/mol. The number of carbonyl (C=O) groups is 2. The fourth-order valence-electron chi connectivity index (χ4n) is 4.16. The van der Waals surface area contributed by atoms with Gasteiger partial charge in [-0.05, 0) is 31.4 Å². The first kappa shape index (κ1) is 23.0. The Morgan fingerprint density at radius 3 is 2.71 bits per heavy atom. The number of ether oxygens (including phenoxy) is 3. The van der Waals surface area contributed by atoms with Crippen LogP contribution in [0.2, 0.25) is 0 Å². The molecule has 0 aromatic heterocycles. The van der Waals surface area contributed by atoms with E-state index in [0.717, 1.165) is 12.8 Å². The number of nitriles is 1. The van der Waals surface area contributed by atoms with Gasteiger partial charge in [0.2, 0.25) is 5.91 Å². The molecule has 1 aromatic carbocycles. The van der Waals surface area contributed by atoms with E-state index in [4.69, 9.17) is 14.2 Å². The monoisotopic (exact) mass is 429 g/mol. The highest BCUT2D eigenvalue weighted by molar-refractivity contribution is 5.97. The number of fused-ring (bicyclic) bond motifs is 3. The second-order valence-electron chi connectivity index (χ2n) is 8.18. The molecule has 8 heteroatoms. The van der Waals surface area contributed by atoms with Crippen LogP contribution in [0.4, 0.5) is 0 Å². The summed E-state index contributed by atoms with van der Waals surface area (Å²) in [6, 6.07) is 7.12. The third-order valence-corrected chi connectivity index (χ3v) is 6.02. The van der Waals surface area contributed by atoms with Crippen molar-refractivity contribution in [3.05, 3.63) is 29.3 Å². The van der Waals surface area contributed by atoms with Gasteiger partial charge in [-0.15, -0.1) is 0 Å². The number of amides is 2. The zero-order chi connectivity index (χ0) is 22.4. The van der Waals surface area contributed by atoms with Crippen molar-refractivity contribution >= 4 is 11.8 Å². The number of nitrogens with zero attached hydrogens (tertiary/aromatic N) is 3. The van der Waals surface area contributed by atoms with Crippen LogP contribution in [0.5, 0.6) is 5.75 Å². The molecule has 2 amide bonds. The second kappa shape index (κ2) is 10.6. The summed E-state index contributed by atoms with van der Waals surface area (Å²) in [6.45, 7) is 1.22. The highest BCUT2D eigenvalue weighted by Gasteiger charge is 2.33. The van der Waals surface area contributed by atoms with E-state index in [1.54, 1.807) is 49.2 Å². The van der Waals surface area contributed by atoms with Crippen molar-refractivity contribution in [2.75, 3.05) is 40.9 Å². The molecule has 2 aliphatic rings. The van der Waals surface area contributed by atoms with E-state index in [2.05, 4.69) is 6.07 Å². The van der Waals surface area contributed by atoms with E-state index < -0.39 is 0 Å². The molecule has 1 saturated heterocycles. The van der Waals surface area contributed by atoms with Crippen LogP contribution in [0, 0.1) is 11.3 Å². The number of methoxy groups -OCH3 is 1. The molecule has 0 saturated carbocycles. The zero-order valence-corrected chi connectivity index (χ0v) is 18.5. The smallest absolute Gasteiger partial charge is 0.257 e. The normalized spacial score (nSPS) is 26.1. The Morgan fingerprint density at radius 2 is 1.97 bits per heavy atom. The summed E-state index contributed by atoms with van der Waals surface area (Å²) in [7, 11) is 5.15. The second-order valence-corrected chi connectivity index (χ2v) is 8.18. The fraction of sp³-hybridized carbons (Fsp3) is 0.609. The summed E-state index contributed by atoms with van der Waals surface area (Å²) >= 11 is 0. The predicted octanol–water partition coefficient (Wildman–Crippen LogP) is 2.21. The average molecular weight is 430 g/mol. The van der Waals surface area contributed by atoms with Gasteiger partial charge in [-0.3, -0.25) is 9.59 Å². The lowest BCUT2D eigenvalue weighted by Gasteiger charge is -2.37. The van der Waals surface area contributed by atoms with E-state index in [0.29, 0.717) is 55.8 Å². The van der Waals surface area contributed by atoms with Crippen LogP contribution in [0.15, 0.2) is 18.2 Å². The van der Waals surface area contributed by atoms with Crippen molar-refractivity contribution in [2.24, 2.45) is 0 Å². The third kappa shape index (κ3) is 5.54. The third-order valence-electron chi connectivity index (χ3n) is 6.02. The molecule has 0 spiro atoms. The molecule has 8 nitrogen and oxygen atoms in total. The van der Waals surface area contributed by atoms with Crippen LogP contribution in [-0.4, -0.2) is 80.8 Å². The van der Waals surface area contributed by atoms with Gasteiger partial charge in [0.1, 0.15) is 17.9 Å². The number of rotatable bonds is 1. The highest BCUT2D eigenvalue weighted by Crippen LogP contribution is 2.28. The van der Waals surface area contributed by atoms with Crippen LogP contribution in [0.1, 0.15) is 48.0 Å². The molecule has 0 unspecified atom stereocenters. The summed E-state index contributed by atoms with van der Waals surface area (Å²) < 4.78 is 17.8. The van der Waals surface area contributed by atoms with Crippen molar-refractivity contribution in [2.45, 2.75) is 50.4 Å². The van der Waals surface area contributed by atoms with Crippen molar-refractivity contribution in [3.63, 3.8) is 0 Å². The van der Waals surface area contributed by atoms with Crippen molar-refractivity contribution < 1.29 is 23.8 Å². The van der Waals surface area contributed by atoms with Gasteiger partial charge < -0.3 is 24.0 Å². The van der Waals surface area contributed by atoms with Gasteiger partial charge in [0.25, 0.3) is 5.91 Å². The molecule has 2 aliphatic heterocycles. The van der Waals surface area contributed by atoms with Crippen LogP contribution >= 0.6 is 0 Å². The van der Waals surface area contributed by atoms with Gasteiger partial charge in [0.15, 0.2) is 0 Å². The molecular weight excluding hydrogens is 398 g/mol. The number of likely N-dealkylation sites (N-methyl/N-ethyl adjacent to an activating group) is 1. The first-order chi connectivity index (χ1) is 14.9. The maximum atomic E-state index is 13.0. The maximum absolute atomic E-state index is 13.0. The highest BCUT2D eigenvalue weighted by atomic mass is 16.5. The van der Waals surface area contributed by atoms with E-state index in [-0.39, 0.29) is 30.1 Å². The summed E-state index contributed by atoms with van der Waals surface area (Å²) in [5.41, 5.74) is 0.693. The molecule has 0 aliphatic carbocycles. The van der Waals surface area contributed by atoms with Gasteiger partial charge in [0, 0.05) is 47.1 Å². The lowest BCUT2D eigenvalue weighted by Crippen LogP contribution is -2.47. The molecule has 3 rings (SSSR count). The summed E-state index contributed by atoms with van der Waals surface area (Å²) in [5, 5.41) is 9.50. The molecule has 2 heterocycles. The Kier molecular flexibility index (Phi) is 7.88. The topological polar surface area (TPSA) is 92.1 Å². The quantitative estimate of drug-likeness (QED) is 0.680. The summed E-state index contributed by atoms with van der Waals surface area (Å²) in [6.07, 6.45) is 2.88. The van der Waals surface area contributed by atoms with E-state index in [1.807, 2.05) is 0 Å². The SMILES string of the molecule is CO[C@@H]1CC[C@H]2CCOc3c(C#N)cccc3C(=O)N(C)CCCC(=O)N(C)C[C@H]1O2. The van der Waals surface area contributed by atoms with Crippen LogP contribution in [0.3, 0.4) is 0 Å². The molecule has 168 valence electrons. The lowest BCUT2D eigenvalue weighted by atomic mass is 9.98. The Labute approximate surface area is 183 Å². The number of hydrogen-bond donors (Lipinski definition) is 0. The van der Waals surface area contributed by atoms with Crippen LogP contribution in [0.25, 0.3) is 0 Å². The minimum absolute atomic E-state index is 0.0176. The minimum atomic E-state index is -0.225. The van der Waals surface area contributed by atoms with E-state index in [9.17, 15) is 14.9 Å². The summed E-state index contributed by atoms with van der Waals surface area (Å²) in [5.74, 6) is 0.104. The number of para-hydroxylation sites is 1. The van der Waals surface area contributed by atoms with Crippen molar-refractivity contribution in [3.8, 4) is 11.8 Å². The Bertz CT molecular complexity index is 837. The Hall–Kier alpha value is -2.63. The number of carbonyl (C=O) groups excluding carboxylic acids is 2. The maximum Gasteiger partial charge on any atom is 0.257 e. The fourth-order valence-corrected chi connectivity index (χ4v) is 4.16. The lowest BCUT2D eigenvalue weighted by molar-refractivity contribution is -0.150. The molecule has 1 aromatic rings. The van der Waals surface area contributed by atoms with Crippen LogP contribution < -0.4 is 4.74 Å². The minimum Gasteiger partial charge on any atom is -0.491 e. The van der Waals surface area contributed by atoms with Gasteiger partial charge in [-0.2, -0.15) is 5.26 Å². The molecular formula is C23H31N3O5. The molecule has 0 N–H and O–H groups in total. The first-order valence-electron chi connectivity index (χ1n) is 10.8. The number of benzene rings is 1. The van der Waals surface area contributed by atoms with E-state index >= 15 is 0 Å². The standard InChI is InChI=1S/C23H31N3O5/c1-25-12-5-8-21(27)26(2)15-20-19(29-3)10-9-17(31-20)11-13-30-22-16(14-24)6-4-7-18(22)23(25)28/h4,6-7,17,19-20H,5,8-13,15H2,1-3H3/t17-,19+,20+/m0/s1. The van der Waals surface area contributed by atoms with E-state index in [1.165, 1.54) is 0 Å². The molecule has 0 radical (unpaired) electrons. The molecule has 1 fully saturated rings. The largest absolute Gasteiger partial charge is 0.491 e. The van der Waals surface area contributed by atoms with Gasteiger partial charge in [-0.1, -0.05) is 6.07 Å². The summed E-state index contributed by atoms with van der Waals surface area (Å²) in [4.78, 5) is 28.9. The van der Waals surface area contributed by atoms with Gasteiger partial charge in [-0.25, -0.2) is 0 Å². The molecule has 2 bridgehead atoms. The van der Waals surface area contributed by atoms with Gasteiger partial charge in [0.05, 0.1) is 29.9 Å². The van der Waals surface area contributed by atoms with Gasteiger partial charge >= 0.3 is 0 Å². The van der Waals surface area contributed by atoms with Crippen molar-refractivity contribution in [1.29, 1.82) is 5.26 Å². The molecule has 3 atom stereocenters. The molecule has 31 heavy (non-hydrogen) atoms. The number of hydrogen-bond acceptors (Lipinski definition) is 6. The Morgan fingerprint density at radius 1 is 1.16 bits per heavy atom. The Balaban J connectivity index is 1.85. The van der Waals surface area contributed by atoms with Crippen molar-refractivity contribution in [1.82, 2.24) is 9.80 Å². The van der Waals surface area contributed by atoms with Crippen LogP contribution in [-0.2, 0) is 14.3 Å².